The first-order valence-corrected chi connectivity index (χ1v) is 11.3. The molecule has 0 spiro atoms. The van der Waals surface area contributed by atoms with E-state index in [4.69, 9.17) is 15.0 Å². The lowest BCUT2D eigenvalue weighted by molar-refractivity contribution is 0.154. The molecular formula is C18H22N7O5P. The van der Waals surface area contributed by atoms with Gasteiger partial charge < -0.3 is 9.47 Å². The van der Waals surface area contributed by atoms with Crippen LogP contribution in [0, 0.1) is 0 Å². The van der Waals surface area contributed by atoms with Crippen molar-refractivity contribution < 1.29 is 23.6 Å². The van der Waals surface area contributed by atoms with Crippen molar-refractivity contribution >= 4 is 31.2 Å². The van der Waals surface area contributed by atoms with Crippen LogP contribution in [0.5, 0.6) is 0 Å². The van der Waals surface area contributed by atoms with Crippen LogP contribution in [0.1, 0.15) is 0 Å². The maximum Gasteiger partial charge on any atom is 0.430 e. The van der Waals surface area contributed by atoms with Crippen LogP contribution in [0.15, 0.2) is 60.7 Å². The summed E-state index contributed by atoms with van der Waals surface area (Å²) in [6, 6.07) is 17.5. The fourth-order valence-corrected chi connectivity index (χ4v) is 4.13. The number of para-hydroxylation sites is 2. The van der Waals surface area contributed by atoms with Gasteiger partial charge in [-0.15, -0.1) is 10.4 Å². The fourth-order valence-electron chi connectivity index (χ4n) is 3.08. The van der Waals surface area contributed by atoms with Gasteiger partial charge in [-0.25, -0.2) is 29.8 Å². The van der Waals surface area contributed by atoms with Crippen molar-refractivity contribution in [3.8, 4) is 0 Å². The summed E-state index contributed by atoms with van der Waals surface area (Å²) < 4.78 is 23.4. The number of benzene rings is 2. The molecule has 2 saturated heterocycles. The molecule has 0 aliphatic carbocycles. The molecule has 164 valence electrons. The zero-order valence-corrected chi connectivity index (χ0v) is 17.4. The van der Waals surface area contributed by atoms with Crippen molar-refractivity contribution in [2.75, 3.05) is 36.5 Å². The third kappa shape index (κ3) is 4.72. The lowest BCUT2D eigenvalue weighted by Gasteiger charge is -2.37. The van der Waals surface area contributed by atoms with Crippen molar-refractivity contribution in [2.45, 2.75) is 0 Å². The van der Waals surface area contributed by atoms with Gasteiger partial charge in [-0.05, 0) is 24.3 Å². The molecule has 0 radical (unpaired) electrons. The summed E-state index contributed by atoms with van der Waals surface area (Å²) >= 11 is 0. The van der Waals surface area contributed by atoms with Gasteiger partial charge in [0.05, 0.1) is 24.5 Å². The maximum atomic E-state index is 13.4. The highest BCUT2D eigenvalue weighted by atomic mass is 31.2. The molecule has 31 heavy (non-hydrogen) atoms. The predicted molar refractivity (Wildman–Crippen MR) is 112 cm³/mol. The summed E-state index contributed by atoms with van der Waals surface area (Å²) in [7, 11) is -3.94. The molecule has 2 heterocycles. The van der Waals surface area contributed by atoms with Crippen molar-refractivity contribution in [3.63, 3.8) is 0 Å². The SMILES string of the molecule is NP(=O)(NN(c1ccccc1)N1CCOC1=O)NN(c1ccccc1)N1CCOC1=O. The Morgan fingerprint density at radius 3 is 1.48 bits per heavy atom. The number of rotatable bonds is 8. The average molecular weight is 447 g/mol. The summed E-state index contributed by atoms with van der Waals surface area (Å²) in [6.07, 6.45) is -1.22. The number of anilines is 2. The molecule has 13 heteroatoms. The van der Waals surface area contributed by atoms with E-state index in [0.717, 1.165) is 0 Å². The Kier molecular flexibility index (Phi) is 5.96. The highest BCUT2D eigenvalue weighted by Crippen LogP contribution is 2.32. The molecule has 2 aliphatic rings. The number of hydrazine groups is 4. The number of ether oxygens (including phenoxy) is 2. The lowest BCUT2D eigenvalue weighted by Crippen LogP contribution is -2.57. The molecule has 2 fully saturated rings. The third-order valence-electron chi connectivity index (χ3n) is 4.45. The zero-order chi connectivity index (χ0) is 21.8. The first kappa shape index (κ1) is 20.9. The summed E-state index contributed by atoms with van der Waals surface area (Å²) in [5.41, 5.74) is 7.14. The molecule has 2 aromatic rings. The van der Waals surface area contributed by atoms with Crippen LogP contribution in [-0.4, -0.2) is 48.5 Å². The maximum absolute atomic E-state index is 13.4. The van der Waals surface area contributed by atoms with Crippen LogP contribution >= 0.6 is 7.59 Å². The normalized spacial score (nSPS) is 16.3. The average Bonchev–Trinajstić information content (AvgIpc) is 3.39. The topological polar surface area (TPSA) is 133 Å². The number of carbonyl (C=O) groups excluding carboxylic acids is 2. The van der Waals surface area contributed by atoms with Gasteiger partial charge >= 0.3 is 19.8 Å². The van der Waals surface area contributed by atoms with Gasteiger partial charge in [0, 0.05) is 0 Å². The van der Waals surface area contributed by atoms with Crippen molar-refractivity contribution in [1.29, 1.82) is 0 Å². The Morgan fingerprint density at radius 2 is 1.16 bits per heavy atom. The van der Waals surface area contributed by atoms with Crippen LogP contribution in [0.25, 0.3) is 0 Å². The number of cyclic esters (lactones) is 2. The van der Waals surface area contributed by atoms with Gasteiger partial charge in [0.2, 0.25) is 0 Å². The molecule has 2 aromatic carbocycles. The largest absolute Gasteiger partial charge is 0.446 e. The van der Waals surface area contributed by atoms with E-state index < -0.39 is 19.8 Å². The van der Waals surface area contributed by atoms with Gasteiger partial charge in [-0.3, -0.25) is 10.1 Å². The predicted octanol–water partition coefficient (Wildman–Crippen LogP) is 1.81. The van der Waals surface area contributed by atoms with E-state index in [0.29, 0.717) is 11.4 Å². The quantitative estimate of drug-likeness (QED) is 0.406. The molecule has 2 amide bonds. The van der Waals surface area contributed by atoms with Crippen molar-refractivity contribution in [3.05, 3.63) is 60.7 Å². The van der Waals surface area contributed by atoms with E-state index in [-0.39, 0.29) is 26.3 Å². The second-order valence-corrected chi connectivity index (χ2v) is 8.34. The molecule has 2 aliphatic heterocycles. The van der Waals surface area contributed by atoms with E-state index >= 15 is 0 Å². The molecule has 4 N–H and O–H groups in total. The molecular weight excluding hydrogens is 425 g/mol. The van der Waals surface area contributed by atoms with E-state index in [1.165, 1.54) is 20.3 Å². The van der Waals surface area contributed by atoms with E-state index in [9.17, 15) is 14.2 Å². The second kappa shape index (κ2) is 8.82. The van der Waals surface area contributed by atoms with E-state index in [1.54, 1.807) is 60.7 Å². The molecule has 0 atom stereocenters. The number of hydrogen-bond donors (Lipinski definition) is 3. The summed E-state index contributed by atoms with van der Waals surface area (Å²) in [4.78, 5) is 24.3. The highest BCUT2D eigenvalue weighted by molar-refractivity contribution is 7.57. The highest BCUT2D eigenvalue weighted by Gasteiger charge is 2.36. The monoisotopic (exact) mass is 447 g/mol. The Bertz CT molecular complexity index is 904. The van der Waals surface area contributed by atoms with Crippen LogP contribution in [0.4, 0.5) is 21.0 Å². The number of nitrogens with one attached hydrogen (secondary N) is 2. The minimum Gasteiger partial charge on any atom is -0.446 e. The van der Waals surface area contributed by atoms with Gasteiger partial charge in [0.15, 0.2) is 0 Å². The zero-order valence-electron chi connectivity index (χ0n) is 16.5. The van der Waals surface area contributed by atoms with Gasteiger partial charge in [0.25, 0.3) is 0 Å². The first-order valence-electron chi connectivity index (χ1n) is 9.48. The number of hydrogen-bond acceptors (Lipinski definition) is 7. The Hall–Kier alpha value is -3.31. The molecule has 0 saturated carbocycles. The summed E-state index contributed by atoms with van der Waals surface area (Å²) in [5.74, 6) is 0. The van der Waals surface area contributed by atoms with Crippen LogP contribution in [0.3, 0.4) is 0 Å². The lowest BCUT2D eigenvalue weighted by atomic mass is 10.3. The Balaban J connectivity index is 1.61. The van der Waals surface area contributed by atoms with Crippen LogP contribution in [0.2, 0.25) is 0 Å². The second-order valence-electron chi connectivity index (χ2n) is 6.63. The van der Waals surface area contributed by atoms with Gasteiger partial charge in [0.1, 0.15) is 13.2 Å². The fraction of sp³-hybridized carbons (Fsp3) is 0.222. The minimum atomic E-state index is -3.94. The van der Waals surface area contributed by atoms with Crippen molar-refractivity contribution in [2.24, 2.45) is 5.50 Å². The molecule has 0 aromatic heterocycles. The molecule has 4 rings (SSSR count). The van der Waals surface area contributed by atoms with Crippen LogP contribution in [-0.2, 0) is 14.0 Å². The standard InChI is InChI=1S/C18H22N7O5P/c19-31(28,20-24(15-7-3-1-4-8-15)22-11-13-29-17(22)26)21-25(16-9-5-2-6-10-16)23-12-14-30-18(23)27/h1-10H,11-14H2,(H4,19,20,21,28). The molecule has 0 unspecified atom stereocenters. The minimum absolute atomic E-state index is 0.182. The van der Waals surface area contributed by atoms with Gasteiger partial charge in [-0.2, -0.15) is 0 Å². The Labute approximate surface area is 178 Å². The number of carbonyl (C=O) groups is 2. The van der Waals surface area contributed by atoms with Gasteiger partial charge in [-0.1, -0.05) is 36.4 Å². The first-order chi connectivity index (χ1) is 14.9. The molecule has 0 bridgehead atoms. The summed E-state index contributed by atoms with van der Waals surface area (Å²) in [6.45, 7) is 0.840. The van der Waals surface area contributed by atoms with E-state index in [1.807, 2.05) is 0 Å². The van der Waals surface area contributed by atoms with Crippen molar-refractivity contribution in [1.82, 2.24) is 20.4 Å². The number of amides is 2. The smallest absolute Gasteiger partial charge is 0.430 e. The van der Waals surface area contributed by atoms with Crippen LogP contribution < -0.4 is 26.1 Å². The Morgan fingerprint density at radius 1 is 0.774 bits per heavy atom. The number of nitrogens with zero attached hydrogens (tertiary/aromatic N) is 4. The van der Waals surface area contributed by atoms with E-state index in [2.05, 4.69) is 10.4 Å². The molecule has 12 nitrogen and oxygen atoms in total. The summed E-state index contributed by atoms with van der Waals surface area (Å²) in [5, 5.41) is 10.4. The number of nitrogens with two attached hydrogens (primary N) is 1. The third-order valence-corrected chi connectivity index (χ3v) is 5.42.